The summed E-state index contributed by atoms with van der Waals surface area (Å²) in [6.45, 7) is 4.96. The standard InChI is InChI=1S/C29H36N2O3/c1-2-26(32)31-12-8-17-3-4-18-16-24(29-22(27(17)18)10-14-34-29)23-15-19(7-11-30)28-20(23)5-6-25-21(28)9-13-33-25/h5-6,16-17,19,23H,2-4,7-15,30H2,1H3,(H,31,32)/t17-,19+,23?/m0/s1. The van der Waals surface area contributed by atoms with E-state index >= 15 is 0 Å². The van der Waals surface area contributed by atoms with Gasteiger partial charge in [0.2, 0.25) is 5.91 Å². The van der Waals surface area contributed by atoms with E-state index in [0.29, 0.717) is 24.2 Å². The minimum Gasteiger partial charge on any atom is -0.493 e. The van der Waals surface area contributed by atoms with Crippen LogP contribution in [0.15, 0.2) is 18.2 Å². The third-order valence-electron chi connectivity index (χ3n) is 8.59. The Morgan fingerprint density at radius 2 is 1.88 bits per heavy atom. The molecule has 2 aliphatic heterocycles. The van der Waals surface area contributed by atoms with E-state index in [2.05, 4.69) is 23.5 Å². The highest BCUT2D eigenvalue weighted by molar-refractivity contribution is 5.75. The maximum atomic E-state index is 11.7. The number of benzene rings is 2. The number of amides is 1. The molecule has 2 aromatic rings. The molecule has 1 unspecified atom stereocenters. The molecule has 3 N–H and O–H groups in total. The first-order valence-corrected chi connectivity index (χ1v) is 13.3. The van der Waals surface area contributed by atoms with Crippen molar-refractivity contribution in [1.29, 1.82) is 0 Å². The van der Waals surface area contributed by atoms with Gasteiger partial charge >= 0.3 is 0 Å². The fraction of sp³-hybridized carbons (Fsp3) is 0.552. The Balaban J connectivity index is 1.36. The number of ether oxygens (including phenoxy) is 2. The van der Waals surface area contributed by atoms with Crippen LogP contribution in [-0.4, -0.2) is 32.2 Å². The van der Waals surface area contributed by atoms with E-state index in [4.69, 9.17) is 15.2 Å². The Morgan fingerprint density at radius 1 is 1.03 bits per heavy atom. The summed E-state index contributed by atoms with van der Waals surface area (Å²) in [6.07, 6.45) is 8.04. The molecule has 0 saturated heterocycles. The third kappa shape index (κ3) is 3.51. The van der Waals surface area contributed by atoms with Gasteiger partial charge in [0.15, 0.2) is 0 Å². The molecule has 0 aromatic heterocycles. The minimum atomic E-state index is 0.144. The van der Waals surface area contributed by atoms with E-state index in [1.807, 2.05) is 6.92 Å². The van der Waals surface area contributed by atoms with E-state index < -0.39 is 0 Å². The molecule has 1 amide bonds. The Bertz CT molecular complexity index is 1130. The largest absolute Gasteiger partial charge is 0.493 e. The summed E-state index contributed by atoms with van der Waals surface area (Å²) in [5, 5.41) is 3.07. The highest BCUT2D eigenvalue weighted by Crippen LogP contribution is 2.55. The summed E-state index contributed by atoms with van der Waals surface area (Å²) in [6, 6.07) is 6.98. The molecule has 0 saturated carbocycles. The Kier molecular flexibility index (Phi) is 5.76. The first-order chi connectivity index (χ1) is 16.7. The fourth-order valence-electron chi connectivity index (χ4n) is 7.14. The van der Waals surface area contributed by atoms with Crippen molar-refractivity contribution in [3.63, 3.8) is 0 Å². The molecule has 0 bridgehead atoms. The van der Waals surface area contributed by atoms with Gasteiger partial charge in [0, 0.05) is 48.4 Å². The molecule has 5 heteroatoms. The molecule has 0 radical (unpaired) electrons. The second-order valence-electron chi connectivity index (χ2n) is 10.4. The van der Waals surface area contributed by atoms with Crippen LogP contribution in [0.3, 0.4) is 0 Å². The third-order valence-corrected chi connectivity index (χ3v) is 8.59. The van der Waals surface area contributed by atoms with Crippen molar-refractivity contribution >= 4 is 5.91 Å². The van der Waals surface area contributed by atoms with Crippen LogP contribution in [0.4, 0.5) is 0 Å². The van der Waals surface area contributed by atoms with Crippen LogP contribution in [0.2, 0.25) is 0 Å². The molecule has 5 nitrogen and oxygen atoms in total. The zero-order valence-corrected chi connectivity index (χ0v) is 20.3. The van der Waals surface area contributed by atoms with Crippen LogP contribution in [0.1, 0.15) is 95.7 Å². The summed E-state index contributed by atoms with van der Waals surface area (Å²) in [4.78, 5) is 11.7. The molecular formula is C29H36N2O3. The number of hydrogen-bond donors (Lipinski definition) is 2. The van der Waals surface area contributed by atoms with E-state index in [9.17, 15) is 4.79 Å². The molecule has 2 aliphatic carbocycles. The molecule has 3 atom stereocenters. The number of hydrogen-bond acceptors (Lipinski definition) is 4. The van der Waals surface area contributed by atoms with Crippen LogP contribution >= 0.6 is 0 Å². The van der Waals surface area contributed by atoms with Crippen LogP contribution in [0.25, 0.3) is 0 Å². The average molecular weight is 461 g/mol. The summed E-state index contributed by atoms with van der Waals surface area (Å²) in [5.74, 6) is 3.78. The van der Waals surface area contributed by atoms with Gasteiger partial charge in [-0.3, -0.25) is 4.79 Å². The number of carbonyl (C=O) groups is 1. The first kappa shape index (κ1) is 22.0. The molecule has 180 valence electrons. The van der Waals surface area contributed by atoms with Gasteiger partial charge in [0.25, 0.3) is 0 Å². The quantitative estimate of drug-likeness (QED) is 0.639. The molecule has 0 spiro atoms. The molecule has 34 heavy (non-hydrogen) atoms. The van der Waals surface area contributed by atoms with Crippen LogP contribution < -0.4 is 20.5 Å². The van der Waals surface area contributed by atoms with Crippen molar-refractivity contribution in [3.8, 4) is 11.5 Å². The van der Waals surface area contributed by atoms with Crippen molar-refractivity contribution in [2.75, 3.05) is 26.3 Å². The molecule has 0 fully saturated rings. The summed E-state index contributed by atoms with van der Waals surface area (Å²) < 4.78 is 12.3. The normalized spacial score (nSPS) is 23.6. The number of aryl methyl sites for hydroxylation is 1. The summed E-state index contributed by atoms with van der Waals surface area (Å²) in [5.41, 5.74) is 16.4. The second-order valence-corrected chi connectivity index (χ2v) is 10.4. The highest BCUT2D eigenvalue weighted by atomic mass is 16.5. The highest BCUT2D eigenvalue weighted by Gasteiger charge is 2.40. The molecule has 2 aromatic carbocycles. The second kappa shape index (κ2) is 8.92. The average Bonchev–Trinajstić information content (AvgIpc) is 3.63. The summed E-state index contributed by atoms with van der Waals surface area (Å²) >= 11 is 0. The van der Waals surface area contributed by atoms with Gasteiger partial charge in [-0.1, -0.05) is 19.1 Å². The van der Waals surface area contributed by atoms with E-state index in [1.54, 1.807) is 0 Å². The Labute approximate surface area is 202 Å². The van der Waals surface area contributed by atoms with Crippen molar-refractivity contribution in [2.45, 2.75) is 76.0 Å². The van der Waals surface area contributed by atoms with Crippen LogP contribution in [0, 0.1) is 0 Å². The van der Waals surface area contributed by atoms with Gasteiger partial charge in [-0.05, 0) is 78.8 Å². The molecule has 6 rings (SSSR count). The fourth-order valence-corrected chi connectivity index (χ4v) is 7.14. The van der Waals surface area contributed by atoms with Gasteiger partial charge in [-0.25, -0.2) is 0 Å². The van der Waals surface area contributed by atoms with Gasteiger partial charge in [0.1, 0.15) is 11.5 Å². The topological polar surface area (TPSA) is 73.6 Å². The number of nitrogens with two attached hydrogens (primary N) is 1. The van der Waals surface area contributed by atoms with Gasteiger partial charge in [-0.15, -0.1) is 0 Å². The maximum absolute atomic E-state index is 11.7. The predicted molar refractivity (Wildman–Crippen MR) is 133 cm³/mol. The zero-order chi connectivity index (χ0) is 23.2. The lowest BCUT2D eigenvalue weighted by Gasteiger charge is -2.21. The first-order valence-electron chi connectivity index (χ1n) is 13.3. The van der Waals surface area contributed by atoms with Crippen molar-refractivity contribution < 1.29 is 14.3 Å². The van der Waals surface area contributed by atoms with E-state index in [-0.39, 0.29) is 5.91 Å². The summed E-state index contributed by atoms with van der Waals surface area (Å²) in [7, 11) is 0. The van der Waals surface area contributed by atoms with Crippen LogP contribution in [0.5, 0.6) is 11.5 Å². The minimum absolute atomic E-state index is 0.144. The van der Waals surface area contributed by atoms with Crippen molar-refractivity contribution in [1.82, 2.24) is 5.32 Å². The molecule has 2 heterocycles. The van der Waals surface area contributed by atoms with E-state index in [0.717, 1.165) is 76.3 Å². The van der Waals surface area contributed by atoms with Crippen molar-refractivity contribution in [2.24, 2.45) is 5.73 Å². The zero-order valence-electron chi connectivity index (χ0n) is 20.3. The number of carbonyl (C=O) groups excluding carboxylic acids is 1. The van der Waals surface area contributed by atoms with Gasteiger partial charge in [-0.2, -0.15) is 0 Å². The monoisotopic (exact) mass is 460 g/mol. The smallest absolute Gasteiger partial charge is 0.219 e. The van der Waals surface area contributed by atoms with Gasteiger partial charge < -0.3 is 20.5 Å². The van der Waals surface area contributed by atoms with Crippen LogP contribution in [-0.2, 0) is 24.1 Å². The lowest BCUT2D eigenvalue weighted by Crippen LogP contribution is -2.24. The number of nitrogens with one attached hydrogen (secondary N) is 1. The van der Waals surface area contributed by atoms with Crippen molar-refractivity contribution in [3.05, 3.63) is 57.1 Å². The van der Waals surface area contributed by atoms with E-state index in [1.165, 1.54) is 45.4 Å². The number of fused-ring (bicyclic) bond motifs is 6. The predicted octanol–water partition coefficient (Wildman–Crippen LogP) is 4.47. The molecule has 4 aliphatic rings. The lowest BCUT2D eigenvalue weighted by molar-refractivity contribution is -0.120. The SMILES string of the molecule is CCC(=O)NCC[C@@H]1CCc2cc(C3C[C@@H](CCN)c4c3ccc3c4CCO3)c3c(c21)CCO3. The number of rotatable bonds is 7. The van der Waals surface area contributed by atoms with Gasteiger partial charge in [0.05, 0.1) is 13.2 Å². The Hall–Kier alpha value is -2.53. The lowest BCUT2D eigenvalue weighted by atomic mass is 9.84. The molecular weight excluding hydrogens is 424 g/mol. The maximum Gasteiger partial charge on any atom is 0.219 e. The Morgan fingerprint density at radius 3 is 2.74 bits per heavy atom.